The molecule has 2 heterocycles. The zero-order valence-corrected chi connectivity index (χ0v) is 12.1. The fourth-order valence-corrected chi connectivity index (χ4v) is 2.58. The van der Waals surface area contributed by atoms with E-state index in [1.54, 1.807) is 0 Å². The van der Waals surface area contributed by atoms with Crippen LogP contribution >= 0.6 is 0 Å². The molecule has 0 aliphatic heterocycles. The Morgan fingerprint density at radius 1 is 1.10 bits per heavy atom. The topological polar surface area (TPSA) is 43.3 Å². The first kappa shape index (κ1) is 12.9. The summed E-state index contributed by atoms with van der Waals surface area (Å²) in [5, 5.41) is 0. The van der Waals surface area contributed by atoms with Gasteiger partial charge in [-0.1, -0.05) is 12.1 Å². The van der Waals surface area contributed by atoms with Gasteiger partial charge in [-0.05, 0) is 55.2 Å². The molecule has 0 unspecified atom stereocenters. The summed E-state index contributed by atoms with van der Waals surface area (Å²) in [5.41, 5.74) is 14.2. The van der Waals surface area contributed by atoms with Gasteiger partial charge < -0.3 is 10.1 Å². The van der Waals surface area contributed by atoms with Crippen LogP contribution in [-0.2, 0) is 6.54 Å². The van der Waals surface area contributed by atoms with Gasteiger partial charge in [-0.3, -0.25) is 0 Å². The van der Waals surface area contributed by atoms with Crippen LogP contribution in [0.2, 0.25) is 0 Å². The van der Waals surface area contributed by atoms with Crippen LogP contribution in [-0.4, -0.2) is 9.38 Å². The van der Waals surface area contributed by atoms with Crippen LogP contribution in [0.15, 0.2) is 36.8 Å². The zero-order chi connectivity index (χ0) is 14.3. The summed E-state index contributed by atoms with van der Waals surface area (Å²) < 4.78 is 2.04. The second kappa shape index (κ2) is 4.76. The number of hydrogen-bond donors (Lipinski definition) is 1. The van der Waals surface area contributed by atoms with Gasteiger partial charge in [0.1, 0.15) is 0 Å². The maximum Gasteiger partial charge on any atom is 0.0994 e. The molecule has 0 radical (unpaired) electrons. The molecule has 102 valence electrons. The molecule has 0 aliphatic carbocycles. The summed E-state index contributed by atoms with van der Waals surface area (Å²) in [5.74, 6) is 0. The van der Waals surface area contributed by atoms with E-state index < -0.39 is 0 Å². The van der Waals surface area contributed by atoms with E-state index in [4.69, 9.17) is 5.73 Å². The summed E-state index contributed by atoms with van der Waals surface area (Å²) >= 11 is 0. The Balaban J connectivity index is 2.17. The van der Waals surface area contributed by atoms with E-state index in [-0.39, 0.29) is 0 Å². The number of aryl methyl sites for hydroxylation is 1. The Kier molecular flexibility index (Phi) is 3.07. The van der Waals surface area contributed by atoms with E-state index in [1.165, 1.54) is 27.8 Å². The highest BCUT2D eigenvalue weighted by Crippen LogP contribution is 2.29. The third-order valence-electron chi connectivity index (χ3n) is 4.12. The first-order chi connectivity index (χ1) is 9.60. The van der Waals surface area contributed by atoms with Crippen molar-refractivity contribution in [3.63, 3.8) is 0 Å². The Morgan fingerprint density at radius 3 is 2.65 bits per heavy atom. The van der Waals surface area contributed by atoms with Gasteiger partial charge >= 0.3 is 0 Å². The van der Waals surface area contributed by atoms with Crippen LogP contribution in [0.5, 0.6) is 0 Å². The lowest BCUT2D eigenvalue weighted by Crippen LogP contribution is -2.00. The maximum absolute atomic E-state index is 5.65. The molecule has 0 fully saturated rings. The second-order valence-corrected chi connectivity index (χ2v) is 5.33. The lowest BCUT2D eigenvalue weighted by atomic mass is 9.95. The average Bonchev–Trinajstić information content (AvgIpc) is 2.87. The first-order valence-electron chi connectivity index (χ1n) is 6.84. The number of nitrogens with two attached hydrogens (primary N) is 1. The fraction of sp³-hybridized carbons (Fsp3) is 0.235. The van der Waals surface area contributed by atoms with Crippen LogP contribution in [0.3, 0.4) is 0 Å². The average molecular weight is 265 g/mol. The summed E-state index contributed by atoms with van der Waals surface area (Å²) in [7, 11) is 0. The Morgan fingerprint density at radius 2 is 1.90 bits per heavy atom. The zero-order valence-electron chi connectivity index (χ0n) is 12.1. The molecule has 0 amide bonds. The molecule has 0 saturated carbocycles. The van der Waals surface area contributed by atoms with Crippen molar-refractivity contribution in [2.24, 2.45) is 5.73 Å². The van der Waals surface area contributed by atoms with E-state index in [1.807, 2.05) is 16.8 Å². The minimum absolute atomic E-state index is 0.472. The Hall–Kier alpha value is -2.13. The molecule has 0 spiro atoms. The van der Waals surface area contributed by atoms with Crippen LogP contribution in [0.4, 0.5) is 0 Å². The monoisotopic (exact) mass is 265 g/mol. The van der Waals surface area contributed by atoms with E-state index in [0.717, 1.165) is 11.2 Å². The SMILES string of the molecule is Cc1ccc(-c2cc3cc(CN)ncn3c2)c(C)c1C. The lowest BCUT2D eigenvalue weighted by molar-refractivity contribution is 0.953. The number of aromatic nitrogens is 2. The highest BCUT2D eigenvalue weighted by molar-refractivity contribution is 5.74. The molecule has 3 rings (SSSR count). The predicted molar refractivity (Wildman–Crippen MR) is 82.7 cm³/mol. The van der Waals surface area contributed by atoms with E-state index >= 15 is 0 Å². The van der Waals surface area contributed by atoms with Crippen molar-refractivity contribution in [3.05, 3.63) is 59.2 Å². The van der Waals surface area contributed by atoms with Crippen molar-refractivity contribution in [2.75, 3.05) is 0 Å². The Bertz CT molecular complexity index is 784. The number of nitrogens with zero attached hydrogens (tertiary/aromatic N) is 2. The van der Waals surface area contributed by atoms with Crippen LogP contribution in [0, 0.1) is 20.8 Å². The molecule has 1 aromatic carbocycles. The van der Waals surface area contributed by atoms with Crippen molar-refractivity contribution in [2.45, 2.75) is 27.3 Å². The summed E-state index contributed by atoms with van der Waals surface area (Å²) in [4.78, 5) is 4.32. The molecule has 0 aliphatic rings. The number of benzene rings is 1. The smallest absolute Gasteiger partial charge is 0.0994 e. The van der Waals surface area contributed by atoms with E-state index in [0.29, 0.717) is 6.54 Å². The van der Waals surface area contributed by atoms with E-state index in [9.17, 15) is 0 Å². The van der Waals surface area contributed by atoms with Gasteiger partial charge in [0.25, 0.3) is 0 Å². The maximum atomic E-state index is 5.65. The predicted octanol–water partition coefficient (Wildman–Crippen LogP) is 3.39. The number of rotatable bonds is 2. The minimum Gasteiger partial charge on any atom is -0.325 e. The minimum atomic E-state index is 0.472. The molecule has 0 saturated heterocycles. The van der Waals surface area contributed by atoms with Gasteiger partial charge in [0, 0.05) is 23.8 Å². The quantitative estimate of drug-likeness (QED) is 0.772. The number of fused-ring (bicyclic) bond motifs is 1. The standard InChI is InChI=1S/C17H19N3/c1-11-4-5-17(13(3)12(11)2)14-6-16-7-15(8-18)19-10-20(16)9-14/h4-7,9-10H,8,18H2,1-3H3. The normalized spacial score (nSPS) is 11.2. The molecule has 0 atom stereocenters. The van der Waals surface area contributed by atoms with Gasteiger partial charge in [-0.25, -0.2) is 4.98 Å². The van der Waals surface area contributed by atoms with E-state index in [2.05, 4.69) is 50.2 Å². The van der Waals surface area contributed by atoms with Crippen molar-refractivity contribution in [3.8, 4) is 11.1 Å². The van der Waals surface area contributed by atoms with Crippen LogP contribution < -0.4 is 5.73 Å². The third-order valence-corrected chi connectivity index (χ3v) is 4.12. The second-order valence-electron chi connectivity index (χ2n) is 5.33. The summed E-state index contributed by atoms with van der Waals surface area (Å²) in [6.07, 6.45) is 3.96. The lowest BCUT2D eigenvalue weighted by Gasteiger charge is -2.09. The van der Waals surface area contributed by atoms with Crippen molar-refractivity contribution in [1.29, 1.82) is 0 Å². The molecule has 3 nitrogen and oxygen atoms in total. The molecule has 20 heavy (non-hydrogen) atoms. The fourth-order valence-electron chi connectivity index (χ4n) is 2.58. The van der Waals surface area contributed by atoms with Gasteiger partial charge in [0.15, 0.2) is 0 Å². The molecular weight excluding hydrogens is 246 g/mol. The molecule has 3 heteroatoms. The summed E-state index contributed by atoms with van der Waals surface area (Å²) in [6, 6.07) is 8.62. The number of hydrogen-bond acceptors (Lipinski definition) is 2. The van der Waals surface area contributed by atoms with Crippen molar-refractivity contribution < 1.29 is 0 Å². The largest absolute Gasteiger partial charge is 0.325 e. The van der Waals surface area contributed by atoms with Crippen LogP contribution in [0.25, 0.3) is 16.6 Å². The highest BCUT2D eigenvalue weighted by Gasteiger charge is 2.08. The van der Waals surface area contributed by atoms with Gasteiger partial charge in [0.05, 0.1) is 12.0 Å². The molecule has 3 aromatic rings. The molecular formula is C17H19N3. The van der Waals surface area contributed by atoms with Crippen molar-refractivity contribution >= 4 is 5.52 Å². The summed E-state index contributed by atoms with van der Waals surface area (Å²) in [6.45, 7) is 6.99. The highest BCUT2D eigenvalue weighted by atomic mass is 14.9. The van der Waals surface area contributed by atoms with Crippen molar-refractivity contribution in [1.82, 2.24) is 9.38 Å². The molecule has 0 bridgehead atoms. The third kappa shape index (κ3) is 2.00. The van der Waals surface area contributed by atoms with Gasteiger partial charge in [-0.2, -0.15) is 0 Å². The first-order valence-corrected chi connectivity index (χ1v) is 6.84. The Labute approximate surface area is 119 Å². The van der Waals surface area contributed by atoms with Gasteiger partial charge in [-0.15, -0.1) is 0 Å². The molecule has 2 N–H and O–H groups in total. The van der Waals surface area contributed by atoms with Gasteiger partial charge in [0.2, 0.25) is 0 Å². The molecule has 2 aromatic heterocycles. The van der Waals surface area contributed by atoms with Crippen LogP contribution in [0.1, 0.15) is 22.4 Å².